The van der Waals surface area contributed by atoms with Crippen molar-refractivity contribution in [2.45, 2.75) is 58.3 Å². The maximum absolute atomic E-state index is 14.9. The van der Waals surface area contributed by atoms with Crippen LogP contribution in [0.2, 0.25) is 0 Å². The van der Waals surface area contributed by atoms with E-state index in [1.165, 1.54) is 36.6 Å². The van der Waals surface area contributed by atoms with Crippen molar-refractivity contribution in [1.82, 2.24) is 0 Å². The molecule has 2 aromatic rings. The van der Waals surface area contributed by atoms with Gasteiger partial charge >= 0.3 is 0 Å². The van der Waals surface area contributed by atoms with Gasteiger partial charge in [-0.1, -0.05) is 43.7 Å². The standard InChI is InChI=1S/C26H28F4O/c1-3-5-6-7-17-8-10-18(11-9-17)19-12-13-20(24(28)23(19)27)21-14-15-22(31-16-4-2)26(30)25(21)29/h4,6-7,12-18H,3,5,8-11H2,1-2H3. The van der Waals surface area contributed by atoms with Gasteiger partial charge in [0.05, 0.1) is 6.26 Å². The van der Waals surface area contributed by atoms with E-state index in [1.54, 1.807) is 6.92 Å². The van der Waals surface area contributed by atoms with Crippen LogP contribution in [0.15, 0.2) is 48.8 Å². The van der Waals surface area contributed by atoms with Gasteiger partial charge in [0.25, 0.3) is 0 Å². The maximum atomic E-state index is 14.9. The average Bonchev–Trinajstić information content (AvgIpc) is 2.78. The molecule has 0 aromatic heterocycles. The van der Waals surface area contributed by atoms with Crippen molar-refractivity contribution >= 4 is 0 Å². The second-order valence-corrected chi connectivity index (χ2v) is 7.99. The van der Waals surface area contributed by atoms with Crippen LogP contribution in [-0.2, 0) is 0 Å². The summed E-state index contributed by atoms with van der Waals surface area (Å²) in [7, 11) is 0. The second kappa shape index (κ2) is 10.7. The minimum absolute atomic E-state index is 0.0717. The molecule has 31 heavy (non-hydrogen) atoms. The summed E-state index contributed by atoms with van der Waals surface area (Å²) < 4.78 is 63.6. The van der Waals surface area contributed by atoms with E-state index in [1.807, 2.05) is 0 Å². The van der Waals surface area contributed by atoms with Gasteiger partial charge in [0, 0.05) is 11.1 Å². The maximum Gasteiger partial charge on any atom is 0.201 e. The van der Waals surface area contributed by atoms with E-state index in [-0.39, 0.29) is 22.8 Å². The quantitative estimate of drug-likeness (QED) is 0.242. The van der Waals surface area contributed by atoms with Gasteiger partial charge in [0.1, 0.15) is 0 Å². The van der Waals surface area contributed by atoms with Crippen LogP contribution in [0.1, 0.15) is 63.9 Å². The first kappa shape index (κ1) is 23.1. The third-order valence-corrected chi connectivity index (χ3v) is 5.86. The molecule has 0 bridgehead atoms. The zero-order valence-electron chi connectivity index (χ0n) is 17.9. The molecule has 0 radical (unpaired) electrons. The van der Waals surface area contributed by atoms with Crippen molar-refractivity contribution in [3.05, 3.63) is 77.6 Å². The van der Waals surface area contributed by atoms with E-state index in [0.717, 1.165) is 38.5 Å². The van der Waals surface area contributed by atoms with Gasteiger partial charge in [0.2, 0.25) is 5.82 Å². The number of unbranched alkanes of at least 4 members (excludes halogenated alkanes) is 1. The van der Waals surface area contributed by atoms with Gasteiger partial charge < -0.3 is 4.74 Å². The largest absolute Gasteiger partial charge is 0.462 e. The lowest BCUT2D eigenvalue weighted by atomic mass is 9.78. The van der Waals surface area contributed by atoms with E-state index < -0.39 is 23.3 Å². The molecule has 0 aliphatic heterocycles. The molecule has 166 valence electrons. The Kier molecular flexibility index (Phi) is 7.94. The molecule has 1 saturated carbocycles. The first-order valence-corrected chi connectivity index (χ1v) is 10.9. The zero-order valence-corrected chi connectivity index (χ0v) is 17.9. The Morgan fingerprint density at radius 2 is 1.52 bits per heavy atom. The van der Waals surface area contributed by atoms with E-state index >= 15 is 0 Å². The Hall–Kier alpha value is -2.56. The fourth-order valence-electron chi connectivity index (χ4n) is 4.14. The fourth-order valence-corrected chi connectivity index (χ4v) is 4.14. The van der Waals surface area contributed by atoms with Crippen LogP contribution in [0, 0.1) is 29.2 Å². The number of rotatable bonds is 7. The Morgan fingerprint density at radius 1 is 0.871 bits per heavy atom. The summed E-state index contributed by atoms with van der Waals surface area (Å²) in [6.07, 6.45) is 12.7. The summed E-state index contributed by atoms with van der Waals surface area (Å²) in [5.41, 5.74) is -0.323. The van der Waals surface area contributed by atoms with Crippen molar-refractivity contribution in [3.8, 4) is 16.9 Å². The fraction of sp³-hybridized carbons (Fsp3) is 0.385. The number of halogens is 4. The molecule has 0 saturated heterocycles. The van der Waals surface area contributed by atoms with E-state index in [2.05, 4.69) is 19.1 Å². The molecule has 0 unspecified atom stereocenters. The Balaban J connectivity index is 1.81. The van der Waals surface area contributed by atoms with Crippen LogP contribution in [0.4, 0.5) is 17.6 Å². The highest BCUT2D eigenvalue weighted by Gasteiger charge is 2.27. The van der Waals surface area contributed by atoms with Gasteiger partial charge in [-0.15, -0.1) is 0 Å². The summed E-state index contributed by atoms with van der Waals surface area (Å²) >= 11 is 0. The lowest BCUT2D eigenvalue weighted by Crippen LogP contribution is -2.14. The molecule has 1 fully saturated rings. The minimum Gasteiger partial charge on any atom is -0.462 e. The molecule has 0 N–H and O–H groups in total. The topological polar surface area (TPSA) is 9.23 Å². The smallest absolute Gasteiger partial charge is 0.201 e. The molecule has 1 aliphatic rings. The van der Waals surface area contributed by atoms with Crippen LogP contribution in [0.3, 0.4) is 0 Å². The summed E-state index contributed by atoms with van der Waals surface area (Å²) in [6, 6.07) is 5.24. The average molecular weight is 433 g/mol. The van der Waals surface area contributed by atoms with Crippen LogP contribution >= 0.6 is 0 Å². The predicted octanol–water partition coefficient (Wildman–Crippen LogP) is 8.45. The number of allylic oxidation sites excluding steroid dienone is 3. The summed E-state index contributed by atoms with van der Waals surface area (Å²) in [6.45, 7) is 3.80. The third-order valence-electron chi connectivity index (χ3n) is 5.86. The van der Waals surface area contributed by atoms with Crippen molar-refractivity contribution in [2.75, 3.05) is 0 Å². The molecule has 3 rings (SSSR count). The zero-order chi connectivity index (χ0) is 22.4. The van der Waals surface area contributed by atoms with Gasteiger partial charge in [-0.2, -0.15) is 4.39 Å². The molecule has 0 atom stereocenters. The normalized spacial score (nSPS) is 19.4. The SMILES string of the molecule is CC=COc1ccc(-c2ccc(C3CCC(C=CCCC)CC3)c(F)c2F)c(F)c1F. The molecule has 0 amide bonds. The van der Waals surface area contributed by atoms with Crippen molar-refractivity contribution in [1.29, 1.82) is 0 Å². The highest BCUT2D eigenvalue weighted by atomic mass is 19.2. The predicted molar refractivity (Wildman–Crippen MR) is 116 cm³/mol. The number of hydrogen-bond donors (Lipinski definition) is 0. The molecular formula is C26H28F4O. The lowest BCUT2D eigenvalue weighted by Gasteiger charge is -2.27. The van der Waals surface area contributed by atoms with Gasteiger partial charge in [0.15, 0.2) is 23.2 Å². The Labute approximate surface area is 181 Å². The Bertz CT molecular complexity index is 956. The molecule has 1 nitrogen and oxygen atoms in total. The monoisotopic (exact) mass is 432 g/mol. The molecule has 0 heterocycles. The van der Waals surface area contributed by atoms with Crippen molar-refractivity contribution in [2.24, 2.45) is 5.92 Å². The minimum atomic E-state index is -1.27. The van der Waals surface area contributed by atoms with Gasteiger partial charge in [-0.05, 0) is 68.6 Å². The summed E-state index contributed by atoms with van der Waals surface area (Å²) in [4.78, 5) is 0. The first-order valence-electron chi connectivity index (χ1n) is 10.9. The molecule has 0 spiro atoms. The van der Waals surface area contributed by atoms with Gasteiger partial charge in [-0.25, -0.2) is 13.2 Å². The van der Waals surface area contributed by atoms with Crippen LogP contribution < -0.4 is 4.74 Å². The third kappa shape index (κ3) is 5.20. The number of benzene rings is 2. The van der Waals surface area contributed by atoms with E-state index in [0.29, 0.717) is 11.5 Å². The Morgan fingerprint density at radius 3 is 2.16 bits per heavy atom. The van der Waals surface area contributed by atoms with Crippen molar-refractivity contribution in [3.63, 3.8) is 0 Å². The van der Waals surface area contributed by atoms with E-state index in [9.17, 15) is 17.6 Å². The second-order valence-electron chi connectivity index (χ2n) is 7.99. The first-order chi connectivity index (χ1) is 15.0. The highest BCUT2D eigenvalue weighted by molar-refractivity contribution is 5.66. The molecule has 2 aromatic carbocycles. The van der Waals surface area contributed by atoms with Crippen LogP contribution in [0.25, 0.3) is 11.1 Å². The van der Waals surface area contributed by atoms with Crippen molar-refractivity contribution < 1.29 is 22.3 Å². The molecule has 1 aliphatic carbocycles. The number of ether oxygens (including phenoxy) is 1. The van der Waals surface area contributed by atoms with Crippen LogP contribution in [0.5, 0.6) is 5.75 Å². The van der Waals surface area contributed by atoms with E-state index in [4.69, 9.17) is 4.74 Å². The van der Waals surface area contributed by atoms with Crippen LogP contribution in [-0.4, -0.2) is 0 Å². The summed E-state index contributed by atoms with van der Waals surface area (Å²) in [5, 5.41) is 0. The molecule has 5 heteroatoms. The summed E-state index contributed by atoms with van der Waals surface area (Å²) in [5.74, 6) is -4.55. The lowest BCUT2D eigenvalue weighted by molar-refractivity contribution is 0.363. The molecular weight excluding hydrogens is 404 g/mol. The highest BCUT2D eigenvalue weighted by Crippen LogP contribution is 2.40. The van der Waals surface area contributed by atoms with Gasteiger partial charge in [-0.3, -0.25) is 0 Å². The number of hydrogen-bond acceptors (Lipinski definition) is 1.